The standard InChI is InChI=1S/C13H20FN3O/c1-3-18-7-6-17(2)9-10-4-5-11(14)8-12(10)13(15)16/h4-5,8H,3,6-7,9H2,1-2H3,(H3,15,16). The average Bonchev–Trinajstić information content (AvgIpc) is 2.31. The van der Waals surface area contributed by atoms with E-state index in [0.29, 0.717) is 25.3 Å². The molecular weight excluding hydrogens is 233 g/mol. The van der Waals surface area contributed by atoms with E-state index in [9.17, 15) is 4.39 Å². The van der Waals surface area contributed by atoms with Crippen molar-refractivity contribution in [1.29, 1.82) is 5.41 Å². The predicted octanol–water partition coefficient (Wildman–Crippen LogP) is 1.58. The molecule has 0 atom stereocenters. The van der Waals surface area contributed by atoms with Crippen molar-refractivity contribution in [2.45, 2.75) is 13.5 Å². The quantitative estimate of drug-likeness (QED) is 0.440. The van der Waals surface area contributed by atoms with Crippen LogP contribution in [0.25, 0.3) is 0 Å². The highest BCUT2D eigenvalue weighted by Gasteiger charge is 2.09. The van der Waals surface area contributed by atoms with Crippen molar-refractivity contribution in [3.05, 3.63) is 35.1 Å². The molecule has 1 aromatic rings. The zero-order valence-corrected chi connectivity index (χ0v) is 10.9. The fourth-order valence-electron chi connectivity index (χ4n) is 1.67. The molecule has 4 nitrogen and oxygen atoms in total. The van der Waals surface area contributed by atoms with Crippen LogP contribution in [0.1, 0.15) is 18.1 Å². The number of ether oxygens (including phenoxy) is 1. The van der Waals surface area contributed by atoms with E-state index in [1.807, 2.05) is 14.0 Å². The van der Waals surface area contributed by atoms with Gasteiger partial charge in [-0.3, -0.25) is 10.3 Å². The van der Waals surface area contributed by atoms with Crippen molar-refractivity contribution in [3.8, 4) is 0 Å². The van der Waals surface area contributed by atoms with Crippen LogP contribution in [0.5, 0.6) is 0 Å². The van der Waals surface area contributed by atoms with Gasteiger partial charge >= 0.3 is 0 Å². The molecule has 0 heterocycles. The average molecular weight is 253 g/mol. The first-order valence-corrected chi connectivity index (χ1v) is 5.93. The van der Waals surface area contributed by atoms with Gasteiger partial charge in [-0.1, -0.05) is 6.07 Å². The van der Waals surface area contributed by atoms with Gasteiger partial charge in [0.2, 0.25) is 0 Å². The normalized spacial score (nSPS) is 10.9. The summed E-state index contributed by atoms with van der Waals surface area (Å²) in [4.78, 5) is 2.05. The summed E-state index contributed by atoms with van der Waals surface area (Å²) in [7, 11) is 1.95. The molecule has 0 spiro atoms. The first kappa shape index (κ1) is 14.6. The Bertz CT molecular complexity index is 409. The van der Waals surface area contributed by atoms with Gasteiger partial charge in [-0.25, -0.2) is 4.39 Å². The smallest absolute Gasteiger partial charge is 0.123 e. The van der Waals surface area contributed by atoms with Gasteiger partial charge in [0.1, 0.15) is 11.7 Å². The minimum Gasteiger partial charge on any atom is -0.384 e. The number of likely N-dealkylation sites (N-methyl/N-ethyl adjacent to an activating group) is 1. The second-order valence-electron chi connectivity index (χ2n) is 4.15. The third kappa shape index (κ3) is 4.43. The minimum absolute atomic E-state index is 0.109. The fourth-order valence-corrected chi connectivity index (χ4v) is 1.67. The third-order valence-electron chi connectivity index (χ3n) is 2.62. The Balaban J connectivity index is 2.68. The van der Waals surface area contributed by atoms with Crippen molar-refractivity contribution in [3.63, 3.8) is 0 Å². The lowest BCUT2D eigenvalue weighted by molar-refractivity contribution is 0.120. The maximum absolute atomic E-state index is 13.1. The molecule has 0 bridgehead atoms. The zero-order chi connectivity index (χ0) is 13.5. The molecule has 0 radical (unpaired) electrons. The molecule has 0 amide bonds. The first-order valence-electron chi connectivity index (χ1n) is 5.93. The Kier molecular flexibility index (Phi) is 5.74. The molecule has 0 unspecified atom stereocenters. The van der Waals surface area contributed by atoms with Crippen molar-refractivity contribution >= 4 is 5.84 Å². The van der Waals surface area contributed by atoms with Gasteiger partial charge < -0.3 is 10.5 Å². The van der Waals surface area contributed by atoms with Crippen LogP contribution in [0.4, 0.5) is 4.39 Å². The summed E-state index contributed by atoms with van der Waals surface area (Å²) >= 11 is 0. The Labute approximate surface area is 107 Å². The molecule has 100 valence electrons. The van der Waals surface area contributed by atoms with E-state index in [4.69, 9.17) is 15.9 Å². The number of hydrogen-bond donors (Lipinski definition) is 2. The summed E-state index contributed by atoms with van der Waals surface area (Å²) in [6, 6.07) is 4.36. The second kappa shape index (κ2) is 7.08. The molecule has 3 N–H and O–H groups in total. The van der Waals surface area contributed by atoms with Gasteiger partial charge in [0.05, 0.1) is 6.61 Å². The molecule has 0 fully saturated rings. The minimum atomic E-state index is -0.374. The number of hydrogen-bond acceptors (Lipinski definition) is 3. The van der Waals surface area contributed by atoms with Crippen LogP contribution < -0.4 is 5.73 Å². The summed E-state index contributed by atoms with van der Waals surface area (Å²) in [6.07, 6.45) is 0. The molecular formula is C13H20FN3O. The van der Waals surface area contributed by atoms with Crippen LogP contribution in [-0.2, 0) is 11.3 Å². The summed E-state index contributed by atoms with van der Waals surface area (Å²) in [5.74, 6) is -0.483. The predicted molar refractivity (Wildman–Crippen MR) is 70.2 cm³/mol. The van der Waals surface area contributed by atoms with E-state index in [2.05, 4.69) is 4.90 Å². The number of halogens is 1. The largest absolute Gasteiger partial charge is 0.384 e. The molecule has 0 saturated heterocycles. The molecule has 0 aliphatic rings. The van der Waals surface area contributed by atoms with Gasteiger partial charge in [0, 0.05) is 25.3 Å². The molecule has 1 rings (SSSR count). The van der Waals surface area contributed by atoms with Gasteiger partial charge in [0.15, 0.2) is 0 Å². The number of nitrogen functional groups attached to an aromatic ring is 1. The molecule has 0 aromatic heterocycles. The second-order valence-corrected chi connectivity index (χ2v) is 4.15. The van der Waals surface area contributed by atoms with Gasteiger partial charge in [-0.05, 0) is 31.7 Å². The molecule has 1 aromatic carbocycles. The lowest BCUT2D eigenvalue weighted by atomic mass is 10.1. The monoisotopic (exact) mass is 253 g/mol. The van der Waals surface area contributed by atoms with E-state index < -0.39 is 0 Å². The highest BCUT2D eigenvalue weighted by molar-refractivity contribution is 5.96. The number of nitrogens with zero attached hydrogens (tertiary/aromatic N) is 1. The Morgan fingerprint density at radius 1 is 1.50 bits per heavy atom. The summed E-state index contributed by atoms with van der Waals surface area (Å²) in [5.41, 5.74) is 6.76. The Morgan fingerprint density at radius 3 is 2.83 bits per heavy atom. The van der Waals surface area contributed by atoms with Crippen LogP contribution >= 0.6 is 0 Å². The topological polar surface area (TPSA) is 62.3 Å². The van der Waals surface area contributed by atoms with Crippen molar-refractivity contribution in [1.82, 2.24) is 4.90 Å². The van der Waals surface area contributed by atoms with E-state index in [1.165, 1.54) is 12.1 Å². The number of rotatable bonds is 7. The van der Waals surface area contributed by atoms with Crippen LogP contribution in [0.15, 0.2) is 18.2 Å². The maximum atomic E-state index is 13.1. The van der Waals surface area contributed by atoms with E-state index in [1.54, 1.807) is 6.07 Å². The summed E-state index contributed by atoms with van der Waals surface area (Å²) in [6.45, 7) is 4.70. The molecule has 18 heavy (non-hydrogen) atoms. The number of amidine groups is 1. The number of nitrogens with one attached hydrogen (secondary N) is 1. The van der Waals surface area contributed by atoms with Crippen LogP contribution in [0.2, 0.25) is 0 Å². The summed E-state index contributed by atoms with van der Waals surface area (Å²) in [5, 5.41) is 7.45. The molecule has 0 saturated carbocycles. The lowest BCUT2D eigenvalue weighted by Gasteiger charge is -2.18. The maximum Gasteiger partial charge on any atom is 0.123 e. The molecule has 0 aliphatic heterocycles. The third-order valence-corrected chi connectivity index (χ3v) is 2.62. The SMILES string of the molecule is CCOCCN(C)Cc1ccc(F)cc1C(=N)N. The van der Waals surface area contributed by atoms with E-state index in [-0.39, 0.29) is 11.7 Å². The van der Waals surface area contributed by atoms with E-state index >= 15 is 0 Å². The van der Waals surface area contributed by atoms with Gasteiger partial charge in [-0.2, -0.15) is 0 Å². The van der Waals surface area contributed by atoms with Gasteiger partial charge in [0.25, 0.3) is 0 Å². The number of benzene rings is 1. The van der Waals surface area contributed by atoms with Crippen LogP contribution in [0, 0.1) is 11.2 Å². The fraction of sp³-hybridized carbons (Fsp3) is 0.462. The Morgan fingerprint density at radius 2 is 2.22 bits per heavy atom. The van der Waals surface area contributed by atoms with Crippen molar-refractivity contribution < 1.29 is 9.13 Å². The first-order chi connectivity index (χ1) is 8.54. The number of nitrogens with two attached hydrogens (primary N) is 1. The molecule has 0 aliphatic carbocycles. The van der Waals surface area contributed by atoms with Crippen molar-refractivity contribution in [2.24, 2.45) is 5.73 Å². The highest BCUT2D eigenvalue weighted by atomic mass is 19.1. The van der Waals surface area contributed by atoms with E-state index in [0.717, 1.165) is 12.1 Å². The molecule has 5 heteroatoms. The van der Waals surface area contributed by atoms with Gasteiger partial charge in [-0.15, -0.1) is 0 Å². The Hall–Kier alpha value is -1.46. The lowest BCUT2D eigenvalue weighted by Crippen LogP contribution is -2.25. The highest BCUT2D eigenvalue weighted by Crippen LogP contribution is 2.12. The van der Waals surface area contributed by atoms with Crippen molar-refractivity contribution in [2.75, 3.05) is 26.8 Å². The zero-order valence-electron chi connectivity index (χ0n) is 10.9. The van der Waals surface area contributed by atoms with Crippen LogP contribution in [-0.4, -0.2) is 37.5 Å². The summed E-state index contributed by atoms with van der Waals surface area (Å²) < 4.78 is 18.4. The van der Waals surface area contributed by atoms with Crippen LogP contribution in [0.3, 0.4) is 0 Å².